The van der Waals surface area contributed by atoms with Crippen molar-refractivity contribution in [1.82, 2.24) is 15.5 Å². The van der Waals surface area contributed by atoms with Gasteiger partial charge >= 0.3 is 0 Å². The Morgan fingerprint density at radius 3 is 2.26 bits per heavy atom. The van der Waals surface area contributed by atoms with Gasteiger partial charge in [0.15, 0.2) is 0 Å². The van der Waals surface area contributed by atoms with Gasteiger partial charge in [-0.05, 0) is 16.5 Å². The molecule has 1 aromatic heterocycles. The van der Waals surface area contributed by atoms with E-state index in [2.05, 4.69) is 48.4 Å². The topological polar surface area (TPSA) is 68.0 Å². The van der Waals surface area contributed by atoms with Gasteiger partial charge in [0, 0.05) is 24.9 Å². The van der Waals surface area contributed by atoms with Crippen molar-refractivity contribution < 1.29 is 9.32 Å². The average Bonchev–Trinajstić information content (AvgIpc) is 3.14. The molecule has 2 aromatic carbocycles. The molecule has 0 bridgehead atoms. The summed E-state index contributed by atoms with van der Waals surface area (Å²) in [6.07, 6.45) is 0.774. The van der Waals surface area contributed by atoms with Crippen LogP contribution in [-0.4, -0.2) is 22.6 Å². The normalized spacial score (nSPS) is 11.4. The number of amides is 1. The van der Waals surface area contributed by atoms with E-state index in [0.717, 1.165) is 11.1 Å². The first-order valence-electron chi connectivity index (χ1n) is 9.16. The van der Waals surface area contributed by atoms with E-state index in [-0.39, 0.29) is 11.3 Å². The second-order valence-corrected chi connectivity index (χ2v) is 7.79. The standard InChI is InChI=1S/C22H25N3O2/c1-22(2,3)15-23-19(26)13-14-20-24-21(25-27-20)18-11-9-17(10-12-18)16-7-5-4-6-8-16/h4-12H,13-15H2,1-3H3,(H,23,26). The van der Waals surface area contributed by atoms with Gasteiger partial charge in [-0.25, -0.2) is 0 Å². The lowest BCUT2D eigenvalue weighted by atomic mass is 9.97. The Morgan fingerprint density at radius 1 is 0.963 bits per heavy atom. The molecule has 3 aromatic rings. The highest BCUT2D eigenvalue weighted by molar-refractivity contribution is 5.76. The van der Waals surface area contributed by atoms with Crippen LogP contribution in [0.15, 0.2) is 59.1 Å². The largest absolute Gasteiger partial charge is 0.356 e. The molecule has 0 radical (unpaired) electrons. The van der Waals surface area contributed by atoms with Crippen molar-refractivity contribution in [3.8, 4) is 22.5 Å². The van der Waals surface area contributed by atoms with Gasteiger partial charge < -0.3 is 9.84 Å². The number of rotatable bonds is 6. The van der Waals surface area contributed by atoms with Crippen molar-refractivity contribution in [3.63, 3.8) is 0 Å². The molecule has 0 aliphatic rings. The van der Waals surface area contributed by atoms with Crippen LogP contribution in [0.1, 0.15) is 33.1 Å². The molecule has 0 saturated heterocycles. The molecule has 0 aliphatic heterocycles. The summed E-state index contributed by atoms with van der Waals surface area (Å²) in [5.41, 5.74) is 3.26. The first-order chi connectivity index (χ1) is 12.9. The van der Waals surface area contributed by atoms with Crippen LogP contribution in [0.5, 0.6) is 0 Å². The Kier molecular flexibility index (Phi) is 5.69. The number of carbonyl (C=O) groups is 1. The monoisotopic (exact) mass is 363 g/mol. The maximum absolute atomic E-state index is 11.9. The predicted molar refractivity (Wildman–Crippen MR) is 106 cm³/mol. The Hall–Kier alpha value is -2.95. The fourth-order valence-electron chi connectivity index (χ4n) is 2.59. The minimum Gasteiger partial charge on any atom is -0.356 e. The van der Waals surface area contributed by atoms with Gasteiger partial charge in [0.05, 0.1) is 0 Å². The molecule has 0 spiro atoms. The summed E-state index contributed by atoms with van der Waals surface area (Å²) in [5.74, 6) is 1.01. The lowest BCUT2D eigenvalue weighted by Gasteiger charge is -2.18. The third kappa shape index (κ3) is 5.51. The van der Waals surface area contributed by atoms with E-state index in [1.165, 1.54) is 5.56 Å². The number of nitrogens with one attached hydrogen (secondary N) is 1. The lowest BCUT2D eigenvalue weighted by Crippen LogP contribution is -2.32. The van der Waals surface area contributed by atoms with Gasteiger partial charge in [-0.1, -0.05) is 80.5 Å². The molecule has 1 N–H and O–H groups in total. The summed E-state index contributed by atoms with van der Waals surface area (Å²) < 4.78 is 5.29. The molecule has 5 nitrogen and oxygen atoms in total. The van der Waals surface area contributed by atoms with Gasteiger partial charge in [-0.15, -0.1) is 0 Å². The van der Waals surface area contributed by atoms with Gasteiger partial charge in [0.1, 0.15) is 0 Å². The van der Waals surface area contributed by atoms with E-state index >= 15 is 0 Å². The molecular formula is C22H25N3O2. The Labute approximate surface area is 159 Å². The van der Waals surface area contributed by atoms with E-state index in [4.69, 9.17) is 4.52 Å². The number of nitrogens with zero attached hydrogens (tertiary/aromatic N) is 2. The lowest BCUT2D eigenvalue weighted by molar-refractivity contribution is -0.121. The van der Waals surface area contributed by atoms with Crippen LogP contribution in [0, 0.1) is 5.41 Å². The first kappa shape index (κ1) is 18.8. The molecule has 0 saturated carbocycles. The highest BCUT2D eigenvalue weighted by atomic mass is 16.5. The number of benzene rings is 2. The van der Waals surface area contributed by atoms with Crippen molar-refractivity contribution in [2.45, 2.75) is 33.6 Å². The molecule has 27 heavy (non-hydrogen) atoms. The molecule has 140 valence electrons. The van der Waals surface area contributed by atoms with E-state index in [9.17, 15) is 4.79 Å². The SMILES string of the molecule is CC(C)(C)CNC(=O)CCc1nc(-c2ccc(-c3ccccc3)cc2)no1. The summed E-state index contributed by atoms with van der Waals surface area (Å²) in [7, 11) is 0. The fourth-order valence-corrected chi connectivity index (χ4v) is 2.59. The second kappa shape index (κ2) is 8.16. The van der Waals surface area contributed by atoms with E-state index < -0.39 is 0 Å². The van der Waals surface area contributed by atoms with Crippen LogP contribution in [-0.2, 0) is 11.2 Å². The van der Waals surface area contributed by atoms with Crippen molar-refractivity contribution in [2.24, 2.45) is 5.41 Å². The molecule has 3 rings (SSSR count). The Bertz CT molecular complexity index is 878. The second-order valence-electron chi connectivity index (χ2n) is 7.79. The first-order valence-corrected chi connectivity index (χ1v) is 9.16. The summed E-state index contributed by atoms with van der Waals surface area (Å²) >= 11 is 0. The minimum atomic E-state index is -0.00288. The minimum absolute atomic E-state index is 0.00288. The van der Waals surface area contributed by atoms with Crippen LogP contribution in [0.4, 0.5) is 0 Å². The molecular weight excluding hydrogens is 338 g/mol. The van der Waals surface area contributed by atoms with Crippen LogP contribution >= 0.6 is 0 Å². The number of aromatic nitrogens is 2. The highest BCUT2D eigenvalue weighted by Gasteiger charge is 2.14. The smallest absolute Gasteiger partial charge is 0.227 e. The maximum Gasteiger partial charge on any atom is 0.227 e. The molecule has 1 amide bonds. The number of hydrogen-bond acceptors (Lipinski definition) is 4. The van der Waals surface area contributed by atoms with Crippen LogP contribution in [0.3, 0.4) is 0 Å². The van der Waals surface area contributed by atoms with Crippen molar-refractivity contribution in [3.05, 3.63) is 60.5 Å². The highest BCUT2D eigenvalue weighted by Crippen LogP contribution is 2.23. The summed E-state index contributed by atoms with van der Waals surface area (Å²) in [6.45, 7) is 6.90. The fraction of sp³-hybridized carbons (Fsp3) is 0.318. The third-order valence-corrected chi connectivity index (χ3v) is 4.10. The summed E-state index contributed by atoms with van der Waals surface area (Å²) in [4.78, 5) is 16.3. The molecule has 0 atom stereocenters. The van der Waals surface area contributed by atoms with E-state index in [0.29, 0.717) is 31.1 Å². The van der Waals surface area contributed by atoms with Crippen LogP contribution in [0.25, 0.3) is 22.5 Å². The molecule has 0 aliphatic carbocycles. The number of carbonyl (C=O) groups excluding carboxylic acids is 1. The Morgan fingerprint density at radius 2 is 1.59 bits per heavy atom. The summed E-state index contributed by atoms with van der Waals surface area (Å²) in [5, 5.41) is 6.96. The van der Waals surface area contributed by atoms with Gasteiger partial charge in [-0.2, -0.15) is 4.98 Å². The summed E-state index contributed by atoms with van der Waals surface area (Å²) in [6, 6.07) is 18.2. The maximum atomic E-state index is 11.9. The average molecular weight is 363 g/mol. The zero-order chi connectivity index (χ0) is 19.3. The van der Waals surface area contributed by atoms with Gasteiger partial charge in [-0.3, -0.25) is 4.79 Å². The molecule has 0 fully saturated rings. The van der Waals surface area contributed by atoms with E-state index in [1.54, 1.807) is 0 Å². The predicted octanol–water partition coefficient (Wildman–Crippen LogP) is 4.50. The molecule has 1 heterocycles. The molecule has 0 unspecified atom stereocenters. The number of hydrogen-bond donors (Lipinski definition) is 1. The van der Waals surface area contributed by atoms with Crippen molar-refractivity contribution in [2.75, 3.05) is 6.54 Å². The molecule has 5 heteroatoms. The quantitative estimate of drug-likeness (QED) is 0.700. The van der Waals surface area contributed by atoms with Crippen LogP contribution in [0.2, 0.25) is 0 Å². The van der Waals surface area contributed by atoms with Gasteiger partial charge in [0.2, 0.25) is 17.6 Å². The Balaban J connectivity index is 1.58. The van der Waals surface area contributed by atoms with Crippen molar-refractivity contribution in [1.29, 1.82) is 0 Å². The van der Waals surface area contributed by atoms with Gasteiger partial charge in [0.25, 0.3) is 0 Å². The zero-order valence-corrected chi connectivity index (χ0v) is 16.0. The number of aryl methyl sites for hydroxylation is 1. The third-order valence-electron chi connectivity index (χ3n) is 4.10. The van der Waals surface area contributed by atoms with Crippen molar-refractivity contribution >= 4 is 5.91 Å². The van der Waals surface area contributed by atoms with E-state index in [1.807, 2.05) is 42.5 Å². The van der Waals surface area contributed by atoms with Crippen LogP contribution < -0.4 is 5.32 Å². The zero-order valence-electron chi connectivity index (χ0n) is 16.0.